The number of hydrogen-bond acceptors (Lipinski definition) is 3. The molecule has 1 heterocycles. The Morgan fingerprint density at radius 1 is 1.18 bits per heavy atom. The lowest BCUT2D eigenvalue weighted by Gasteiger charge is -2.32. The number of para-hydroxylation sites is 1. The predicted octanol–water partition coefficient (Wildman–Crippen LogP) is 3.89. The number of nitro benzene ring substituents is 1. The van der Waals surface area contributed by atoms with Crippen molar-refractivity contribution in [1.82, 2.24) is 0 Å². The van der Waals surface area contributed by atoms with E-state index in [-0.39, 0.29) is 5.69 Å². The highest BCUT2D eigenvalue weighted by molar-refractivity contribution is 6.49. The molecule has 1 unspecified atom stereocenters. The van der Waals surface area contributed by atoms with Crippen molar-refractivity contribution in [3.8, 4) is 0 Å². The standard InChI is InChI=1S/C16H11ClN2O3/c17-14-9-16(11-4-3-5-12(8-11)19(21)22)18(10-20)15-7-2-1-6-13(14)15/h1-10,16H. The second-order valence-electron chi connectivity index (χ2n) is 4.84. The minimum atomic E-state index is -0.472. The number of non-ortho nitro benzene ring substituents is 1. The number of rotatable bonds is 3. The van der Waals surface area contributed by atoms with Gasteiger partial charge in [-0.25, -0.2) is 0 Å². The molecule has 0 bridgehead atoms. The van der Waals surface area contributed by atoms with E-state index in [2.05, 4.69) is 0 Å². The first-order chi connectivity index (χ1) is 10.6. The lowest BCUT2D eigenvalue weighted by molar-refractivity contribution is -0.384. The second kappa shape index (κ2) is 5.61. The largest absolute Gasteiger partial charge is 0.303 e. The number of nitro groups is 1. The summed E-state index contributed by atoms with van der Waals surface area (Å²) in [5.41, 5.74) is 2.06. The first-order valence-corrected chi connectivity index (χ1v) is 6.94. The van der Waals surface area contributed by atoms with Gasteiger partial charge in [0.25, 0.3) is 5.69 Å². The van der Waals surface area contributed by atoms with E-state index in [4.69, 9.17) is 11.6 Å². The van der Waals surface area contributed by atoms with Gasteiger partial charge in [0, 0.05) is 22.7 Å². The van der Waals surface area contributed by atoms with Crippen LogP contribution in [-0.4, -0.2) is 11.3 Å². The van der Waals surface area contributed by atoms with Crippen molar-refractivity contribution in [3.05, 3.63) is 75.8 Å². The van der Waals surface area contributed by atoms with Crippen LogP contribution in [-0.2, 0) is 4.79 Å². The molecule has 22 heavy (non-hydrogen) atoms. The fourth-order valence-electron chi connectivity index (χ4n) is 2.56. The van der Waals surface area contributed by atoms with Gasteiger partial charge in [-0.3, -0.25) is 14.9 Å². The molecule has 1 aliphatic heterocycles. The molecule has 5 nitrogen and oxygen atoms in total. The van der Waals surface area contributed by atoms with Gasteiger partial charge in [-0.15, -0.1) is 0 Å². The summed E-state index contributed by atoms with van der Waals surface area (Å²) < 4.78 is 0. The first kappa shape index (κ1) is 14.3. The summed E-state index contributed by atoms with van der Waals surface area (Å²) in [5.74, 6) is 0. The second-order valence-corrected chi connectivity index (χ2v) is 5.25. The van der Waals surface area contributed by atoms with E-state index >= 15 is 0 Å². The molecular formula is C16H11ClN2O3. The van der Waals surface area contributed by atoms with Gasteiger partial charge in [0.1, 0.15) is 0 Å². The van der Waals surface area contributed by atoms with Gasteiger partial charge in [0.15, 0.2) is 0 Å². The average Bonchev–Trinajstić information content (AvgIpc) is 2.55. The van der Waals surface area contributed by atoms with Crippen LogP contribution < -0.4 is 4.90 Å². The number of hydrogen-bond donors (Lipinski definition) is 0. The molecule has 6 heteroatoms. The Balaban J connectivity index is 2.12. The summed E-state index contributed by atoms with van der Waals surface area (Å²) in [6.45, 7) is 0. The van der Waals surface area contributed by atoms with Crippen LogP contribution in [0.2, 0.25) is 0 Å². The Morgan fingerprint density at radius 2 is 1.95 bits per heavy atom. The number of carbonyl (C=O) groups excluding carboxylic acids is 1. The van der Waals surface area contributed by atoms with Crippen molar-refractivity contribution in [2.45, 2.75) is 6.04 Å². The Morgan fingerprint density at radius 3 is 2.68 bits per heavy atom. The topological polar surface area (TPSA) is 63.5 Å². The summed E-state index contributed by atoms with van der Waals surface area (Å²) in [4.78, 5) is 23.5. The maximum atomic E-state index is 11.6. The van der Waals surface area contributed by atoms with E-state index < -0.39 is 11.0 Å². The van der Waals surface area contributed by atoms with E-state index in [0.29, 0.717) is 22.7 Å². The molecule has 0 spiro atoms. The molecule has 1 atom stereocenters. The minimum absolute atomic E-state index is 0.0215. The molecule has 0 aromatic heterocycles. The van der Waals surface area contributed by atoms with Crippen LogP contribution in [0, 0.1) is 10.1 Å². The summed E-state index contributed by atoms with van der Waals surface area (Å²) in [5, 5.41) is 11.4. The van der Waals surface area contributed by atoms with Crippen LogP contribution in [0.1, 0.15) is 17.2 Å². The molecule has 0 radical (unpaired) electrons. The molecule has 3 rings (SSSR count). The number of anilines is 1. The van der Waals surface area contributed by atoms with E-state index in [1.165, 1.54) is 17.0 Å². The third kappa shape index (κ3) is 2.35. The van der Waals surface area contributed by atoms with Crippen molar-refractivity contribution in [3.63, 3.8) is 0 Å². The number of fused-ring (bicyclic) bond motifs is 1. The molecule has 0 aliphatic carbocycles. The SMILES string of the molecule is O=CN1c2ccccc2C(Cl)=CC1c1cccc([N+](=O)[O-])c1. The van der Waals surface area contributed by atoms with Crippen LogP contribution in [0.5, 0.6) is 0 Å². The highest BCUT2D eigenvalue weighted by atomic mass is 35.5. The van der Waals surface area contributed by atoms with Gasteiger partial charge >= 0.3 is 0 Å². The highest BCUT2D eigenvalue weighted by Gasteiger charge is 2.27. The van der Waals surface area contributed by atoms with Gasteiger partial charge in [-0.05, 0) is 17.7 Å². The van der Waals surface area contributed by atoms with Crippen molar-refractivity contribution in [1.29, 1.82) is 0 Å². The maximum Gasteiger partial charge on any atom is 0.269 e. The molecule has 0 fully saturated rings. The molecule has 2 aromatic rings. The zero-order valence-electron chi connectivity index (χ0n) is 11.3. The fourth-order valence-corrected chi connectivity index (χ4v) is 2.84. The summed E-state index contributed by atoms with van der Waals surface area (Å²) >= 11 is 6.30. The molecule has 0 saturated carbocycles. The highest BCUT2D eigenvalue weighted by Crippen LogP contribution is 2.41. The van der Waals surface area contributed by atoms with Gasteiger partial charge in [-0.1, -0.05) is 41.9 Å². The van der Waals surface area contributed by atoms with E-state index in [1.807, 2.05) is 18.2 Å². The predicted molar refractivity (Wildman–Crippen MR) is 84.7 cm³/mol. The minimum Gasteiger partial charge on any atom is -0.303 e. The number of nitrogens with zero attached hydrogens (tertiary/aromatic N) is 2. The summed E-state index contributed by atoms with van der Waals surface area (Å²) in [6, 6.07) is 13.0. The quantitative estimate of drug-likeness (QED) is 0.490. The summed E-state index contributed by atoms with van der Waals surface area (Å²) in [6.07, 6.45) is 2.43. The smallest absolute Gasteiger partial charge is 0.269 e. The Kier molecular flexibility index (Phi) is 3.65. The molecule has 2 aromatic carbocycles. The number of carbonyl (C=O) groups is 1. The van der Waals surface area contributed by atoms with Gasteiger partial charge in [0.05, 0.1) is 16.7 Å². The van der Waals surface area contributed by atoms with E-state index in [1.54, 1.807) is 24.3 Å². The average molecular weight is 315 g/mol. The monoisotopic (exact) mass is 314 g/mol. The van der Waals surface area contributed by atoms with Crippen LogP contribution in [0.25, 0.3) is 5.03 Å². The maximum absolute atomic E-state index is 11.6. The first-order valence-electron chi connectivity index (χ1n) is 6.56. The Hall–Kier alpha value is -2.66. The number of amides is 1. The van der Waals surface area contributed by atoms with Gasteiger partial charge in [-0.2, -0.15) is 0 Å². The molecular weight excluding hydrogens is 304 g/mol. The van der Waals surface area contributed by atoms with E-state index in [9.17, 15) is 14.9 Å². The van der Waals surface area contributed by atoms with Gasteiger partial charge in [0.2, 0.25) is 6.41 Å². The molecule has 0 N–H and O–H groups in total. The van der Waals surface area contributed by atoms with Gasteiger partial charge < -0.3 is 4.90 Å². The van der Waals surface area contributed by atoms with Crippen LogP contribution in [0.4, 0.5) is 11.4 Å². The van der Waals surface area contributed by atoms with Crippen molar-refractivity contribution >= 4 is 34.4 Å². The normalized spacial score (nSPS) is 16.7. The molecule has 0 saturated heterocycles. The molecule has 110 valence electrons. The fraction of sp³-hybridized carbons (Fsp3) is 0.0625. The number of halogens is 1. The third-order valence-electron chi connectivity index (χ3n) is 3.58. The van der Waals surface area contributed by atoms with Crippen molar-refractivity contribution in [2.24, 2.45) is 0 Å². The zero-order chi connectivity index (χ0) is 15.7. The van der Waals surface area contributed by atoms with Crippen LogP contribution in [0.3, 0.4) is 0 Å². The zero-order valence-corrected chi connectivity index (χ0v) is 12.1. The molecule has 1 amide bonds. The lowest BCUT2D eigenvalue weighted by atomic mass is 9.97. The van der Waals surface area contributed by atoms with Crippen molar-refractivity contribution < 1.29 is 9.72 Å². The van der Waals surface area contributed by atoms with Crippen molar-refractivity contribution in [2.75, 3.05) is 4.90 Å². The number of benzene rings is 2. The van der Waals surface area contributed by atoms with Crippen LogP contribution >= 0.6 is 11.6 Å². The summed E-state index contributed by atoms with van der Waals surface area (Å²) in [7, 11) is 0. The lowest BCUT2D eigenvalue weighted by Crippen LogP contribution is -2.29. The van der Waals surface area contributed by atoms with E-state index in [0.717, 1.165) is 5.56 Å². The molecule has 1 aliphatic rings. The van der Waals surface area contributed by atoms with Crippen LogP contribution in [0.15, 0.2) is 54.6 Å². The third-order valence-corrected chi connectivity index (χ3v) is 3.91. The Labute approximate surface area is 131 Å². The Bertz CT molecular complexity index is 788.